The Hall–Kier alpha value is -0.726. The number of aliphatic hydroxyl groups excluding tert-OH is 2. The third-order valence-electron chi connectivity index (χ3n) is 2.29. The number of hydrogen-bond donors (Lipinski definition) is 3. The molecular formula is C18H30F3NO3Ti. The Bertz CT molecular complexity index is 479. The summed E-state index contributed by atoms with van der Waals surface area (Å²) in [5.74, 6) is 0. The average molecular weight is 413 g/mol. The second-order valence-electron chi connectivity index (χ2n) is 6.32. The van der Waals surface area contributed by atoms with Crippen molar-refractivity contribution in [1.29, 1.82) is 0 Å². The molecule has 1 unspecified atom stereocenters. The molecule has 0 saturated carbocycles. The van der Waals surface area contributed by atoms with Crippen LogP contribution >= 0.6 is 0 Å². The first-order valence-electron chi connectivity index (χ1n) is 7.93. The molecule has 1 rings (SSSR count). The predicted molar refractivity (Wildman–Crippen MR) is 95.2 cm³/mol. The molecule has 0 aromatic heterocycles. The van der Waals surface area contributed by atoms with Gasteiger partial charge in [-0.1, -0.05) is 18.2 Å². The van der Waals surface area contributed by atoms with Crippen LogP contribution in [0.5, 0.6) is 0 Å². The fourth-order valence-electron chi connectivity index (χ4n) is 1.36. The van der Waals surface area contributed by atoms with Gasteiger partial charge in [0.1, 0.15) is 0 Å². The van der Waals surface area contributed by atoms with Crippen LogP contribution in [0.1, 0.15) is 48.0 Å². The van der Waals surface area contributed by atoms with Gasteiger partial charge in [0.2, 0.25) is 0 Å². The zero-order valence-electron chi connectivity index (χ0n) is 16.2. The Labute approximate surface area is 169 Å². The van der Waals surface area contributed by atoms with Crippen molar-refractivity contribution < 1.29 is 50.2 Å². The first kappa shape index (κ1) is 30.0. The third kappa shape index (κ3) is 18.1. The standard InChI is InChI=1S/C12H14F3NO.2C3H8O.Ti/c1-9(8-11(2,17)12(13,14)15)16-10-6-4-3-5-7-10;2*1-3(2)4;/h3-7,17H,8H2,1-2H3;2*3-4H,1-2H3;. The van der Waals surface area contributed by atoms with Gasteiger partial charge in [0.15, 0.2) is 5.60 Å². The monoisotopic (exact) mass is 413 g/mol. The summed E-state index contributed by atoms with van der Waals surface area (Å²) >= 11 is 0. The van der Waals surface area contributed by atoms with Crippen LogP contribution in [0.4, 0.5) is 18.9 Å². The Morgan fingerprint density at radius 3 is 1.65 bits per heavy atom. The van der Waals surface area contributed by atoms with Gasteiger partial charge >= 0.3 is 6.18 Å². The molecule has 0 saturated heterocycles. The van der Waals surface area contributed by atoms with Crippen LogP contribution in [0.25, 0.3) is 0 Å². The molecule has 0 spiro atoms. The van der Waals surface area contributed by atoms with Crippen LogP contribution in [0.3, 0.4) is 0 Å². The van der Waals surface area contributed by atoms with Crippen molar-refractivity contribution in [3.63, 3.8) is 0 Å². The van der Waals surface area contributed by atoms with Crippen molar-refractivity contribution >= 4 is 11.4 Å². The molecule has 0 amide bonds. The molecule has 1 aromatic rings. The van der Waals surface area contributed by atoms with Gasteiger partial charge in [-0.2, -0.15) is 13.2 Å². The van der Waals surface area contributed by atoms with Gasteiger partial charge in [-0.15, -0.1) is 0 Å². The van der Waals surface area contributed by atoms with Crippen molar-refractivity contribution in [3.8, 4) is 0 Å². The number of aliphatic imine (C=N–C) groups is 1. The Morgan fingerprint density at radius 2 is 1.35 bits per heavy atom. The maximum absolute atomic E-state index is 12.4. The Morgan fingerprint density at radius 1 is 1.00 bits per heavy atom. The number of nitrogens with zero attached hydrogens (tertiary/aromatic N) is 1. The van der Waals surface area contributed by atoms with E-state index in [4.69, 9.17) is 10.2 Å². The molecule has 0 aliphatic rings. The summed E-state index contributed by atoms with van der Waals surface area (Å²) in [7, 11) is 0. The molecule has 150 valence electrons. The molecule has 0 bridgehead atoms. The molecule has 0 aliphatic carbocycles. The van der Waals surface area contributed by atoms with E-state index in [2.05, 4.69) is 4.99 Å². The van der Waals surface area contributed by atoms with Crippen LogP contribution in [-0.4, -0.2) is 45.0 Å². The quantitative estimate of drug-likeness (QED) is 0.512. The fourth-order valence-corrected chi connectivity index (χ4v) is 1.36. The van der Waals surface area contributed by atoms with Crippen molar-refractivity contribution in [1.82, 2.24) is 0 Å². The minimum absolute atomic E-state index is 0. The van der Waals surface area contributed by atoms with Crippen molar-refractivity contribution in [2.24, 2.45) is 4.99 Å². The molecule has 26 heavy (non-hydrogen) atoms. The van der Waals surface area contributed by atoms with E-state index in [0.717, 1.165) is 6.92 Å². The summed E-state index contributed by atoms with van der Waals surface area (Å²) in [5.41, 5.74) is -1.93. The van der Waals surface area contributed by atoms with E-state index in [1.165, 1.54) is 6.92 Å². The Balaban J connectivity index is -0.000000497. The predicted octanol–water partition coefficient (Wildman–Crippen LogP) is 4.25. The first-order chi connectivity index (χ1) is 11.2. The number of halogens is 3. The fraction of sp³-hybridized carbons (Fsp3) is 0.611. The summed E-state index contributed by atoms with van der Waals surface area (Å²) in [5, 5.41) is 25.4. The van der Waals surface area contributed by atoms with Gasteiger partial charge in [0, 0.05) is 46.1 Å². The van der Waals surface area contributed by atoms with Gasteiger partial charge < -0.3 is 15.3 Å². The number of alkyl halides is 3. The largest absolute Gasteiger partial charge is 0.417 e. The molecule has 4 nitrogen and oxygen atoms in total. The van der Waals surface area contributed by atoms with E-state index in [-0.39, 0.29) is 39.6 Å². The molecule has 0 heterocycles. The van der Waals surface area contributed by atoms with E-state index >= 15 is 0 Å². The van der Waals surface area contributed by atoms with E-state index in [9.17, 15) is 18.3 Å². The normalized spacial score (nSPS) is 13.7. The second kappa shape index (κ2) is 14.3. The van der Waals surface area contributed by atoms with E-state index in [1.54, 1.807) is 58.0 Å². The molecule has 0 fully saturated rings. The minimum Gasteiger partial charge on any atom is -0.394 e. The van der Waals surface area contributed by atoms with Crippen LogP contribution in [0.2, 0.25) is 0 Å². The molecule has 8 heteroatoms. The Kier molecular flexibility index (Phi) is 16.6. The molecule has 0 radical (unpaired) electrons. The van der Waals surface area contributed by atoms with E-state index in [0.29, 0.717) is 5.69 Å². The van der Waals surface area contributed by atoms with Crippen LogP contribution in [0, 0.1) is 0 Å². The summed E-state index contributed by atoms with van der Waals surface area (Å²) < 4.78 is 37.3. The van der Waals surface area contributed by atoms with Gasteiger partial charge in [0.25, 0.3) is 0 Å². The first-order valence-corrected chi connectivity index (χ1v) is 7.93. The summed E-state index contributed by atoms with van der Waals surface area (Å²) in [4.78, 5) is 4.01. The number of aliphatic hydroxyl groups is 3. The maximum atomic E-state index is 12.4. The van der Waals surface area contributed by atoms with Gasteiger partial charge in [-0.3, -0.25) is 4.99 Å². The number of rotatable bonds is 3. The molecule has 1 aromatic carbocycles. The third-order valence-corrected chi connectivity index (χ3v) is 2.29. The van der Waals surface area contributed by atoms with Crippen molar-refractivity contribution in [2.75, 3.05) is 0 Å². The molecule has 3 N–H and O–H groups in total. The van der Waals surface area contributed by atoms with E-state index in [1.807, 2.05) is 0 Å². The molecule has 1 atom stereocenters. The van der Waals surface area contributed by atoms with E-state index < -0.39 is 18.2 Å². The van der Waals surface area contributed by atoms with Gasteiger partial charge in [-0.25, -0.2) is 0 Å². The van der Waals surface area contributed by atoms with Gasteiger partial charge in [-0.05, 0) is 53.7 Å². The zero-order chi connectivity index (χ0) is 20.3. The van der Waals surface area contributed by atoms with Crippen LogP contribution < -0.4 is 0 Å². The summed E-state index contributed by atoms with van der Waals surface area (Å²) in [6.45, 7) is 9.10. The van der Waals surface area contributed by atoms with Gasteiger partial charge in [0.05, 0.1) is 5.69 Å². The number of para-hydroxylation sites is 1. The minimum atomic E-state index is -4.65. The average Bonchev–Trinajstić information content (AvgIpc) is 2.36. The van der Waals surface area contributed by atoms with Crippen molar-refractivity contribution in [2.45, 2.75) is 71.9 Å². The van der Waals surface area contributed by atoms with Crippen LogP contribution in [-0.2, 0) is 21.7 Å². The number of benzene rings is 1. The smallest absolute Gasteiger partial charge is 0.394 e. The van der Waals surface area contributed by atoms with Crippen LogP contribution in [0.15, 0.2) is 35.3 Å². The molecule has 0 aliphatic heterocycles. The molecular weight excluding hydrogens is 383 g/mol. The number of hydrogen-bond acceptors (Lipinski definition) is 4. The zero-order valence-corrected chi connectivity index (χ0v) is 17.7. The summed E-state index contributed by atoms with van der Waals surface area (Å²) in [6.07, 6.45) is -5.52. The topological polar surface area (TPSA) is 73.0 Å². The SMILES string of the molecule is CC(C)O.CC(C)O.CC(CC(C)(O)C(F)(F)F)=Nc1ccccc1.[Ti]. The maximum Gasteiger partial charge on any atom is 0.417 e. The van der Waals surface area contributed by atoms with Crippen molar-refractivity contribution in [3.05, 3.63) is 30.3 Å². The summed E-state index contributed by atoms with van der Waals surface area (Å²) in [6, 6.07) is 8.65. The second-order valence-corrected chi connectivity index (χ2v) is 6.32.